The van der Waals surface area contributed by atoms with Gasteiger partial charge in [0.15, 0.2) is 0 Å². The fraction of sp³-hybridized carbons (Fsp3) is 0.429. The minimum atomic E-state index is -0.467. The van der Waals surface area contributed by atoms with E-state index >= 15 is 0 Å². The van der Waals surface area contributed by atoms with Crippen LogP contribution >= 0.6 is 0 Å². The number of carbonyl (C=O) groups excluding carboxylic acids is 2. The molecule has 20 heavy (non-hydrogen) atoms. The summed E-state index contributed by atoms with van der Waals surface area (Å²) >= 11 is 0. The molecule has 1 aromatic rings. The van der Waals surface area contributed by atoms with Crippen LogP contribution in [0.5, 0.6) is 0 Å². The van der Waals surface area contributed by atoms with Crippen molar-refractivity contribution in [1.82, 2.24) is 0 Å². The zero-order chi connectivity index (χ0) is 15.0. The van der Waals surface area contributed by atoms with Gasteiger partial charge in [0.05, 0.1) is 30.4 Å². The molecule has 1 unspecified atom stereocenters. The van der Waals surface area contributed by atoms with Gasteiger partial charge in [0.25, 0.3) is 0 Å². The minimum absolute atomic E-state index is 0.129. The van der Waals surface area contributed by atoms with Crippen molar-refractivity contribution in [3.05, 3.63) is 29.8 Å². The number of ether oxygens (including phenoxy) is 2. The third kappa shape index (κ3) is 4.64. The second-order valence-electron chi connectivity index (χ2n) is 4.11. The number of nitrogens with two attached hydrogens (primary N) is 1. The number of methoxy groups -OCH3 is 1. The molecule has 0 heterocycles. The van der Waals surface area contributed by atoms with Gasteiger partial charge >= 0.3 is 5.97 Å². The Hall–Kier alpha value is -1.92. The van der Waals surface area contributed by atoms with Crippen LogP contribution in [0.4, 0.5) is 5.69 Å². The molecule has 0 aliphatic heterocycles. The molecule has 0 saturated carbocycles. The highest BCUT2D eigenvalue weighted by atomic mass is 16.5. The van der Waals surface area contributed by atoms with Gasteiger partial charge in [-0.05, 0) is 19.1 Å². The van der Waals surface area contributed by atoms with Crippen molar-refractivity contribution in [3.63, 3.8) is 0 Å². The smallest absolute Gasteiger partial charge is 0.340 e. The maximum atomic E-state index is 11.9. The lowest BCUT2D eigenvalue weighted by Crippen LogP contribution is -2.28. The third-order valence-corrected chi connectivity index (χ3v) is 2.71. The SMILES string of the molecule is CCOC(=O)c1ccccc1NC(=O)CC(CN)OC. The number of anilines is 1. The van der Waals surface area contributed by atoms with Crippen molar-refractivity contribution in [2.45, 2.75) is 19.4 Å². The molecule has 0 radical (unpaired) electrons. The Balaban J connectivity index is 2.77. The predicted octanol–water partition coefficient (Wildman–Crippen LogP) is 1.17. The van der Waals surface area contributed by atoms with E-state index < -0.39 is 5.97 Å². The molecule has 1 aromatic carbocycles. The van der Waals surface area contributed by atoms with Gasteiger partial charge in [-0.15, -0.1) is 0 Å². The number of rotatable bonds is 7. The first kappa shape index (κ1) is 16.1. The Labute approximate surface area is 118 Å². The highest BCUT2D eigenvalue weighted by Crippen LogP contribution is 2.16. The Morgan fingerprint density at radius 2 is 2.05 bits per heavy atom. The van der Waals surface area contributed by atoms with E-state index in [9.17, 15) is 9.59 Å². The second kappa shape index (κ2) is 8.29. The second-order valence-corrected chi connectivity index (χ2v) is 4.11. The minimum Gasteiger partial charge on any atom is -0.462 e. The summed E-state index contributed by atoms with van der Waals surface area (Å²) in [6.45, 7) is 2.26. The summed E-state index contributed by atoms with van der Waals surface area (Å²) in [6.07, 6.45) is -0.214. The van der Waals surface area contributed by atoms with E-state index in [1.807, 2.05) is 0 Å². The lowest BCUT2D eigenvalue weighted by molar-refractivity contribution is -0.118. The van der Waals surface area contributed by atoms with Gasteiger partial charge in [0.1, 0.15) is 0 Å². The summed E-state index contributed by atoms with van der Waals surface area (Å²) < 4.78 is 9.99. The fourth-order valence-corrected chi connectivity index (χ4v) is 1.65. The van der Waals surface area contributed by atoms with E-state index in [4.69, 9.17) is 15.2 Å². The van der Waals surface area contributed by atoms with Crippen LogP contribution in [0.3, 0.4) is 0 Å². The summed E-state index contributed by atoms with van der Waals surface area (Å²) in [4.78, 5) is 23.6. The molecule has 1 rings (SSSR count). The molecule has 1 amide bonds. The summed E-state index contributed by atoms with van der Waals surface area (Å²) in [5, 5.41) is 2.67. The standard InChI is InChI=1S/C14H20N2O4/c1-3-20-14(18)11-6-4-5-7-12(11)16-13(17)8-10(9-15)19-2/h4-7,10H,3,8-9,15H2,1-2H3,(H,16,17). The molecule has 6 nitrogen and oxygen atoms in total. The highest BCUT2D eigenvalue weighted by molar-refractivity contribution is 6.01. The van der Waals surface area contributed by atoms with Crippen LogP contribution in [0.25, 0.3) is 0 Å². The van der Waals surface area contributed by atoms with Crippen molar-refractivity contribution in [2.75, 3.05) is 25.6 Å². The number of nitrogens with one attached hydrogen (secondary N) is 1. The van der Waals surface area contributed by atoms with Crippen molar-refractivity contribution in [1.29, 1.82) is 0 Å². The van der Waals surface area contributed by atoms with E-state index in [-0.39, 0.29) is 31.6 Å². The number of esters is 1. The lowest BCUT2D eigenvalue weighted by atomic mass is 10.1. The molecule has 0 bridgehead atoms. The molecule has 3 N–H and O–H groups in total. The number of benzene rings is 1. The van der Waals surface area contributed by atoms with Crippen LogP contribution < -0.4 is 11.1 Å². The van der Waals surface area contributed by atoms with Crippen LogP contribution in [0.1, 0.15) is 23.7 Å². The first-order chi connectivity index (χ1) is 9.62. The Morgan fingerprint density at radius 1 is 1.35 bits per heavy atom. The number of hydrogen-bond acceptors (Lipinski definition) is 5. The summed E-state index contributed by atoms with van der Waals surface area (Å²) in [7, 11) is 1.50. The summed E-state index contributed by atoms with van der Waals surface area (Å²) in [5.74, 6) is -0.732. The average molecular weight is 280 g/mol. The number of amides is 1. The molecular formula is C14H20N2O4. The molecule has 110 valence electrons. The average Bonchev–Trinajstić information content (AvgIpc) is 2.45. The maximum absolute atomic E-state index is 11.9. The van der Waals surface area contributed by atoms with E-state index in [1.165, 1.54) is 7.11 Å². The largest absolute Gasteiger partial charge is 0.462 e. The number of carbonyl (C=O) groups is 2. The van der Waals surface area contributed by atoms with E-state index in [0.717, 1.165) is 0 Å². The van der Waals surface area contributed by atoms with Gasteiger partial charge in [-0.1, -0.05) is 12.1 Å². The molecule has 1 atom stereocenters. The van der Waals surface area contributed by atoms with Gasteiger partial charge < -0.3 is 20.5 Å². The van der Waals surface area contributed by atoms with Crippen LogP contribution in [-0.2, 0) is 14.3 Å². The van der Waals surface area contributed by atoms with Crippen LogP contribution in [0, 0.1) is 0 Å². The quantitative estimate of drug-likeness (QED) is 0.731. The van der Waals surface area contributed by atoms with Crippen LogP contribution in [0.2, 0.25) is 0 Å². The molecule has 6 heteroatoms. The van der Waals surface area contributed by atoms with E-state index in [1.54, 1.807) is 31.2 Å². The van der Waals surface area contributed by atoms with Crippen LogP contribution in [-0.4, -0.2) is 38.2 Å². The van der Waals surface area contributed by atoms with Crippen molar-refractivity contribution < 1.29 is 19.1 Å². The zero-order valence-electron chi connectivity index (χ0n) is 11.7. The van der Waals surface area contributed by atoms with Gasteiger partial charge in [-0.3, -0.25) is 4.79 Å². The van der Waals surface area contributed by atoms with Crippen LogP contribution in [0.15, 0.2) is 24.3 Å². The summed E-state index contributed by atoms with van der Waals surface area (Å²) in [5.41, 5.74) is 6.21. The summed E-state index contributed by atoms with van der Waals surface area (Å²) in [6, 6.07) is 6.69. The highest BCUT2D eigenvalue weighted by Gasteiger charge is 2.16. The molecule has 0 aliphatic carbocycles. The first-order valence-electron chi connectivity index (χ1n) is 6.41. The normalized spacial score (nSPS) is 11.8. The van der Waals surface area contributed by atoms with E-state index in [0.29, 0.717) is 11.3 Å². The fourth-order valence-electron chi connectivity index (χ4n) is 1.65. The Morgan fingerprint density at radius 3 is 2.65 bits per heavy atom. The van der Waals surface area contributed by atoms with Crippen molar-refractivity contribution in [3.8, 4) is 0 Å². The molecule has 0 aliphatic rings. The Bertz CT molecular complexity index is 458. The van der Waals surface area contributed by atoms with Gasteiger partial charge in [0, 0.05) is 13.7 Å². The zero-order valence-corrected chi connectivity index (χ0v) is 11.7. The maximum Gasteiger partial charge on any atom is 0.340 e. The molecule has 0 saturated heterocycles. The number of hydrogen-bond donors (Lipinski definition) is 2. The molecule has 0 fully saturated rings. The number of para-hydroxylation sites is 1. The third-order valence-electron chi connectivity index (χ3n) is 2.71. The Kier molecular flexibility index (Phi) is 6.69. The van der Waals surface area contributed by atoms with Crippen molar-refractivity contribution in [2.24, 2.45) is 5.73 Å². The van der Waals surface area contributed by atoms with E-state index in [2.05, 4.69) is 5.32 Å². The molecular weight excluding hydrogens is 260 g/mol. The van der Waals surface area contributed by atoms with Gasteiger partial charge in [-0.25, -0.2) is 4.79 Å². The lowest BCUT2D eigenvalue weighted by Gasteiger charge is -2.14. The first-order valence-corrected chi connectivity index (χ1v) is 6.41. The topological polar surface area (TPSA) is 90.7 Å². The molecule has 0 aromatic heterocycles. The predicted molar refractivity (Wildman–Crippen MR) is 75.5 cm³/mol. The van der Waals surface area contributed by atoms with Gasteiger partial charge in [0.2, 0.25) is 5.91 Å². The monoisotopic (exact) mass is 280 g/mol. The van der Waals surface area contributed by atoms with Gasteiger partial charge in [-0.2, -0.15) is 0 Å². The molecule has 0 spiro atoms. The van der Waals surface area contributed by atoms with Crippen molar-refractivity contribution >= 4 is 17.6 Å².